The molecular formula is C12H16BFO3. The lowest BCUT2D eigenvalue weighted by Gasteiger charge is -2.32. The van der Waals surface area contributed by atoms with E-state index in [4.69, 9.17) is 9.31 Å². The smallest absolute Gasteiger partial charge is 0.494 e. The van der Waals surface area contributed by atoms with Crippen molar-refractivity contribution < 1.29 is 18.8 Å². The summed E-state index contributed by atoms with van der Waals surface area (Å²) < 4.78 is 24.5. The van der Waals surface area contributed by atoms with E-state index < -0.39 is 29.9 Å². The van der Waals surface area contributed by atoms with Crippen LogP contribution in [0.3, 0.4) is 0 Å². The number of aromatic hydroxyl groups is 1. The molecule has 0 bridgehead atoms. The Morgan fingerprint density at radius 1 is 1.12 bits per heavy atom. The van der Waals surface area contributed by atoms with Crippen LogP contribution in [0.1, 0.15) is 27.7 Å². The highest BCUT2D eigenvalue weighted by molar-refractivity contribution is 6.62. The number of hydrogen-bond acceptors (Lipinski definition) is 3. The second-order valence-corrected chi connectivity index (χ2v) is 5.30. The Labute approximate surface area is 101 Å². The Morgan fingerprint density at radius 2 is 1.65 bits per heavy atom. The van der Waals surface area contributed by atoms with Crippen LogP contribution < -0.4 is 5.46 Å². The van der Waals surface area contributed by atoms with Crippen LogP contribution in [0.15, 0.2) is 18.2 Å². The molecule has 17 heavy (non-hydrogen) atoms. The minimum Gasteiger partial charge on any atom is -0.505 e. The molecule has 3 nitrogen and oxygen atoms in total. The van der Waals surface area contributed by atoms with Crippen LogP contribution in [0.4, 0.5) is 4.39 Å². The Hall–Kier alpha value is -1.07. The monoisotopic (exact) mass is 238 g/mol. The van der Waals surface area contributed by atoms with E-state index in [0.29, 0.717) is 5.46 Å². The first-order chi connectivity index (χ1) is 7.73. The second kappa shape index (κ2) is 3.72. The van der Waals surface area contributed by atoms with E-state index >= 15 is 0 Å². The van der Waals surface area contributed by atoms with Crippen molar-refractivity contribution in [1.82, 2.24) is 0 Å². The fraction of sp³-hybridized carbons (Fsp3) is 0.500. The van der Waals surface area contributed by atoms with Crippen molar-refractivity contribution in [3.8, 4) is 5.75 Å². The first kappa shape index (κ1) is 12.4. The Morgan fingerprint density at radius 3 is 2.12 bits per heavy atom. The molecule has 0 unspecified atom stereocenters. The molecule has 92 valence electrons. The zero-order valence-corrected chi connectivity index (χ0v) is 10.5. The zero-order chi connectivity index (χ0) is 12.8. The summed E-state index contributed by atoms with van der Waals surface area (Å²) in [5.41, 5.74) is -0.272. The van der Waals surface area contributed by atoms with E-state index in [9.17, 15) is 9.50 Å². The van der Waals surface area contributed by atoms with E-state index in [-0.39, 0.29) is 0 Å². The lowest BCUT2D eigenvalue weighted by molar-refractivity contribution is 0.00578. The van der Waals surface area contributed by atoms with Gasteiger partial charge in [-0.15, -0.1) is 0 Å². The summed E-state index contributed by atoms with van der Waals surface area (Å²) in [6, 6.07) is 4.09. The fourth-order valence-corrected chi connectivity index (χ4v) is 1.66. The molecule has 0 aromatic heterocycles. The standard InChI is InChI=1S/C12H16BFO3/c1-11(2)12(3,4)17-13(16-11)8-5-6-9(14)10(15)7-8/h5-7,15H,1-4H3. The fourth-order valence-electron chi connectivity index (χ4n) is 1.66. The number of phenolic OH excluding ortho intramolecular Hbond substituents is 1. The number of benzene rings is 1. The van der Waals surface area contributed by atoms with Gasteiger partial charge in [0.25, 0.3) is 0 Å². The molecule has 0 spiro atoms. The van der Waals surface area contributed by atoms with Gasteiger partial charge in [0.15, 0.2) is 11.6 Å². The molecule has 1 heterocycles. The van der Waals surface area contributed by atoms with Crippen LogP contribution in [-0.4, -0.2) is 23.4 Å². The van der Waals surface area contributed by atoms with Crippen LogP contribution >= 0.6 is 0 Å². The van der Waals surface area contributed by atoms with Crippen molar-refractivity contribution in [2.45, 2.75) is 38.9 Å². The average Bonchev–Trinajstić information content (AvgIpc) is 2.41. The van der Waals surface area contributed by atoms with Gasteiger partial charge in [0.2, 0.25) is 0 Å². The van der Waals surface area contributed by atoms with E-state index in [1.54, 1.807) is 6.07 Å². The highest BCUT2D eigenvalue weighted by Crippen LogP contribution is 2.36. The first-order valence-electron chi connectivity index (χ1n) is 5.57. The maximum Gasteiger partial charge on any atom is 0.494 e. The summed E-state index contributed by atoms with van der Waals surface area (Å²) in [4.78, 5) is 0. The predicted molar refractivity (Wildman–Crippen MR) is 63.8 cm³/mol. The molecule has 0 atom stereocenters. The van der Waals surface area contributed by atoms with Gasteiger partial charge in [0, 0.05) is 0 Å². The van der Waals surface area contributed by atoms with E-state index in [0.717, 1.165) is 0 Å². The van der Waals surface area contributed by atoms with Gasteiger partial charge in [-0.1, -0.05) is 6.07 Å². The molecule has 1 aliphatic rings. The van der Waals surface area contributed by atoms with Gasteiger partial charge in [-0.3, -0.25) is 0 Å². The van der Waals surface area contributed by atoms with Gasteiger partial charge in [0.1, 0.15) is 0 Å². The van der Waals surface area contributed by atoms with Crippen LogP contribution in [0, 0.1) is 5.82 Å². The molecule has 1 aliphatic heterocycles. The van der Waals surface area contributed by atoms with Gasteiger partial charge in [0.05, 0.1) is 11.2 Å². The molecular weight excluding hydrogens is 222 g/mol. The highest BCUT2D eigenvalue weighted by atomic mass is 19.1. The topological polar surface area (TPSA) is 38.7 Å². The van der Waals surface area contributed by atoms with Crippen LogP contribution in [0.25, 0.3) is 0 Å². The van der Waals surface area contributed by atoms with E-state index in [2.05, 4.69) is 0 Å². The number of halogens is 1. The SMILES string of the molecule is CC1(C)OB(c2ccc(F)c(O)c2)OC1(C)C. The van der Waals surface area contributed by atoms with Crippen LogP contribution in [0.2, 0.25) is 0 Å². The zero-order valence-electron chi connectivity index (χ0n) is 10.5. The Bertz CT molecular complexity index is 429. The summed E-state index contributed by atoms with van der Waals surface area (Å²) in [5, 5.41) is 9.33. The van der Waals surface area contributed by atoms with Gasteiger partial charge in [-0.25, -0.2) is 4.39 Å². The third-order valence-corrected chi connectivity index (χ3v) is 3.50. The van der Waals surface area contributed by atoms with Crippen LogP contribution in [0.5, 0.6) is 5.75 Å². The van der Waals surface area contributed by atoms with Gasteiger partial charge < -0.3 is 14.4 Å². The molecule has 1 aromatic carbocycles. The predicted octanol–water partition coefficient (Wildman–Crippen LogP) is 1.83. The van der Waals surface area contributed by atoms with Gasteiger partial charge in [-0.2, -0.15) is 0 Å². The molecule has 1 N–H and O–H groups in total. The second-order valence-electron chi connectivity index (χ2n) is 5.30. The van der Waals surface area contributed by atoms with Crippen molar-refractivity contribution in [2.24, 2.45) is 0 Å². The number of phenols is 1. The first-order valence-corrected chi connectivity index (χ1v) is 5.57. The number of hydrogen-bond donors (Lipinski definition) is 1. The molecule has 5 heteroatoms. The molecule has 1 fully saturated rings. The highest BCUT2D eigenvalue weighted by Gasteiger charge is 2.51. The third kappa shape index (κ3) is 2.05. The van der Waals surface area contributed by atoms with Crippen molar-refractivity contribution in [3.63, 3.8) is 0 Å². The van der Waals surface area contributed by atoms with Crippen molar-refractivity contribution >= 4 is 12.6 Å². The minimum atomic E-state index is -0.648. The van der Waals surface area contributed by atoms with Gasteiger partial charge in [-0.05, 0) is 45.3 Å². The Balaban J connectivity index is 2.29. The van der Waals surface area contributed by atoms with E-state index in [1.165, 1.54) is 12.1 Å². The molecule has 0 radical (unpaired) electrons. The largest absolute Gasteiger partial charge is 0.505 e. The normalized spacial score (nSPS) is 21.8. The lowest BCUT2D eigenvalue weighted by Crippen LogP contribution is -2.41. The van der Waals surface area contributed by atoms with E-state index in [1.807, 2.05) is 27.7 Å². The van der Waals surface area contributed by atoms with Crippen LogP contribution in [-0.2, 0) is 9.31 Å². The number of rotatable bonds is 1. The summed E-state index contributed by atoms with van der Waals surface area (Å²) in [7, 11) is -0.577. The summed E-state index contributed by atoms with van der Waals surface area (Å²) in [5.74, 6) is -1.04. The molecule has 0 amide bonds. The summed E-state index contributed by atoms with van der Waals surface area (Å²) in [6.07, 6.45) is 0. The van der Waals surface area contributed by atoms with Crippen molar-refractivity contribution in [3.05, 3.63) is 24.0 Å². The minimum absolute atomic E-state index is 0.391. The quantitative estimate of drug-likeness (QED) is 0.758. The third-order valence-electron chi connectivity index (χ3n) is 3.50. The maximum absolute atomic E-state index is 13.0. The maximum atomic E-state index is 13.0. The molecule has 0 saturated carbocycles. The Kier molecular flexibility index (Phi) is 2.71. The van der Waals surface area contributed by atoms with Crippen molar-refractivity contribution in [1.29, 1.82) is 0 Å². The average molecular weight is 238 g/mol. The van der Waals surface area contributed by atoms with Crippen molar-refractivity contribution in [2.75, 3.05) is 0 Å². The summed E-state index contributed by atoms with van der Waals surface area (Å²) in [6.45, 7) is 7.76. The molecule has 1 saturated heterocycles. The molecule has 0 aliphatic carbocycles. The van der Waals surface area contributed by atoms with Gasteiger partial charge >= 0.3 is 7.12 Å². The summed E-state index contributed by atoms with van der Waals surface area (Å²) >= 11 is 0. The lowest BCUT2D eigenvalue weighted by atomic mass is 9.79. The molecule has 2 rings (SSSR count). The molecule has 1 aromatic rings.